The Labute approximate surface area is 193 Å². The Morgan fingerprint density at radius 1 is 1.25 bits per heavy atom. The minimum absolute atomic E-state index is 0.0740. The summed E-state index contributed by atoms with van der Waals surface area (Å²) < 4.78 is 13.9. The first-order chi connectivity index (χ1) is 15.1. The number of rotatable bonds is 7. The van der Waals surface area contributed by atoms with Gasteiger partial charge in [-0.25, -0.2) is 4.39 Å². The predicted octanol–water partition coefficient (Wildman–Crippen LogP) is 6.25. The minimum Gasteiger partial charge on any atom is -0.393 e. The molecule has 6 unspecified atom stereocenters. The van der Waals surface area contributed by atoms with Gasteiger partial charge < -0.3 is 10.2 Å². The summed E-state index contributed by atoms with van der Waals surface area (Å²) in [6.45, 7) is 8.85. The van der Waals surface area contributed by atoms with Crippen LogP contribution in [-0.4, -0.2) is 33.9 Å². The smallest absolute Gasteiger partial charge is 0.193 e. The number of hydrogen-bond acceptors (Lipinski definition) is 3. The van der Waals surface area contributed by atoms with Crippen molar-refractivity contribution in [3.05, 3.63) is 35.5 Å². The van der Waals surface area contributed by atoms with Crippen LogP contribution in [0.1, 0.15) is 91.9 Å². The zero-order valence-corrected chi connectivity index (χ0v) is 20.4. The fourth-order valence-electron chi connectivity index (χ4n) is 6.71. The van der Waals surface area contributed by atoms with Gasteiger partial charge >= 0.3 is 0 Å². The summed E-state index contributed by atoms with van der Waals surface area (Å²) >= 11 is 0. The molecule has 0 aromatic carbocycles. The van der Waals surface area contributed by atoms with E-state index in [1.165, 1.54) is 24.8 Å². The molecule has 3 fully saturated rings. The van der Waals surface area contributed by atoms with Gasteiger partial charge in [0, 0.05) is 18.4 Å². The van der Waals surface area contributed by atoms with E-state index in [1.807, 2.05) is 19.9 Å². The van der Waals surface area contributed by atoms with Gasteiger partial charge in [-0.2, -0.15) is 0 Å². The van der Waals surface area contributed by atoms with Crippen molar-refractivity contribution in [2.75, 3.05) is 0 Å². The van der Waals surface area contributed by atoms with Gasteiger partial charge in [0.2, 0.25) is 0 Å². The van der Waals surface area contributed by atoms with E-state index in [9.17, 15) is 19.4 Å². The van der Waals surface area contributed by atoms with E-state index in [0.29, 0.717) is 23.3 Å². The molecular weight excluding hydrogens is 403 g/mol. The van der Waals surface area contributed by atoms with Gasteiger partial charge in [0.15, 0.2) is 12.0 Å². The third-order valence-electron chi connectivity index (χ3n) is 8.92. The van der Waals surface area contributed by atoms with Crippen LogP contribution in [0.25, 0.3) is 0 Å². The molecule has 3 saturated carbocycles. The molecular formula is C28H43FO3. The number of carbonyl (C=O) groups excluding carboxylic acids is 1. The van der Waals surface area contributed by atoms with Gasteiger partial charge in [-0.3, -0.25) is 4.79 Å². The van der Waals surface area contributed by atoms with Gasteiger partial charge in [0.1, 0.15) is 0 Å². The summed E-state index contributed by atoms with van der Waals surface area (Å²) in [6, 6.07) is 0. The molecule has 3 nitrogen and oxygen atoms in total. The maximum absolute atomic E-state index is 13.9. The molecule has 0 aromatic heterocycles. The highest BCUT2D eigenvalue weighted by atomic mass is 19.1. The summed E-state index contributed by atoms with van der Waals surface area (Å²) in [6.07, 6.45) is 14.2. The van der Waals surface area contributed by atoms with Crippen LogP contribution in [0.3, 0.4) is 0 Å². The monoisotopic (exact) mass is 446 g/mol. The molecule has 3 aliphatic rings. The molecule has 0 spiro atoms. The van der Waals surface area contributed by atoms with Crippen molar-refractivity contribution in [3.63, 3.8) is 0 Å². The molecule has 0 bridgehead atoms. The molecule has 3 aliphatic carbocycles. The molecule has 0 amide bonds. The first-order valence-corrected chi connectivity index (χ1v) is 12.8. The number of Topliss-reactive ketones (excluding diaryl/α,β-unsaturated/α-hetero) is 1. The lowest BCUT2D eigenvalue weighted by Gasteiger charge is -2.44. The third kappa shape index (κ3) is 5.28. The van der Waals surface area contributed by atoms with E-state index in [-0.39, 0.29) is 18.3 Å². The molecule has 180 valence electrons. The summed E-state index contributed by atoms with van der Waals surface area (Å²) in [7, 11) is 0. The van der Waals surface area contributed by atoms with Crippen molar-refractivity contribution in [2.45, 2.75) is 110 Å². The molecule has 0 radical (unpaired) electrons. The van der Waals surface area contributed by atoms with Gasteiger partial charge in [-0.1, -0.05) is 57.6 Å². The van der Waals surface area contributed by atoms with Crippen molar-refractivity contribution in [2.24, 2.45) is 23.2 Å². The molecule has 4 heteroatoms. The highest BCUT2D eigenvalue weighted by molar-refractivity contribution is 5.99. The lowest BCUT2D eigenvalue weighted by molar-refractivity contribution is -0.123. The Kier molecular flexibility index (Phi) is 8.20. The minimum atomic E-state index is -1.57. The van der Waals surface area contributed by atoms with Crippen molar-refractivity contribution in [3.8, 4) is 0 Å². The zero-order chi connectivity index (χ0) is 23.5. The average molecular weight is 447 g/mol. The number of aliphatic hydroxyl groups is 2. The van der Waals surface area contributed by atoms with E-state index in [0.717, 1.165) is 32.1 Å². The van der Waals surface area contributed by atoms with Gasteiger partial charge in [0.05, 0.1) is 11.7 Å². The fourth-order valence-corrected chi connectivity index (χ4v) is 6.71. The van der Waals surface area contributed by atoms with E-state index in [2.05, 4.69) is 26.0 Å². The van der Waals surface area contributed by atoms with Crippen LogP contribution in [0.5, 0.6) is 0 Å². The van der Waals surface area contributed by atoms with Crippen molar-refractivity contribution >= 4 is 5.78 Å². The third-order valence-corrected chi connectivity index (χ3v) is 8.92. The zero-order valence-electron chi connectivity index (χ0n) is 20.4. The van der Waals surface area contributed by atoms with Crippen LogP contribution in [0.15, 0.2) is 35.5 Å². The van der Waals surface area contributed by atoms with E-state index in [1.54, 1.807) is 6.08 Å². The van der Waals surface area contributed by atoms with E-state index in [4.69, 9.17) is 0 Å². The van der Waals surface area contributed by atoms with Crippen LogP contribution >= 0.6 is 0 Å². The van der Waals surface area contributed by atoms with Crippen molar-refractivity contribution in [1.82, 2.24) is 0 Å². The standard InChI is InChI=1S/C28H43FO3/c1-5-28(32,6-2)16-7-9-19(3)23-13-14-24-20(10-8-15-27(23,24)4)11-12-21-17-22(30)18-25(29)26(21)31/h7,11-12,16,19,22-25,30,32H,5-6,8-10,13-15,17-18H2,1-4H3/b16-7+,20-11-,21-12+. The fraction of sp³-hybridized carbons (Fsp3) is 0.750. The van der Waals surface area contributed by atoms with Crippen molar-refractivity contribution in [1.29, 1.82) is 0 Å². The molecule has 3 rings (SSSR count). The summed E-state index contributed by atoms with van der Waals surface area (Å²) in [5, 5.41) is 20.4. The second-order valence-electron chi connectivity index (χ2n) is 10.9. The highest BCUT2D eigenvalue weighted by Crippen LogP contribution is 2.59. The largest absolute Gasteiger partial charge is 0.393 e. The Hall–Kier alpha value is -1.26. The number of ketones is 1. The van der Waals surface area contributed by atoms with Gasteiger partial charge in [-0.15, -0.1) is 0 Å². The lowest BCUT2D eigenvalue weighted by atomic mass is 9.61. The molecule has 0 aromatic rings. The highest BCUT2D eigenvalue weighted by Gasteiger charge is 2.50. The number of carbonyl (C=O) groups is 1. The maximum atomic E-state index is 13.9. The predicted molar refractivity (Wildman–Crippen MR) is 128 cm³/mol. The number of aliphatic hydroxyl groups excluding tert-OH is 1. The van der Waals surface area contributed by atoms with Crippen LogP contribution in [0, 0.1) is 23.2 Å². The van der Waals surface area contributed by atoms with Gasteiger partial charge in [-0.05, 0) is 74.5 Å². The topological polar surface area (TPSA) is 57.5 Å². The summed E-state index contributed by atoms with van der Waals surface area (Å²) in [4.78, 5) is 12.2. The average Bonchev–Trinajstić information content (AvgIpc) is 3.12. The summed E-state index contributed by atoms with van der Waals surface area (Å²) in [5.41, 5.74) is 1.40. The first-order valence-electron chi connectivity index (χ1n) is 12.8. The second kappa shape index (κ2) is 10.3. The van der Waals surface area contributed by atoms with E-state index >= 15 is 0 Å². The maximum Gasteiger partial charge on any atom is 0.193 e. The van der Waals surface area contributed by atoms with Gasteiger partial charge in [0.25, 0.3) is 0 Å². The Morgan fingerprint density at radius 2 is 1.97 bits per heavy atom. The molecule has 0 aliphatic heterocycles. The normalized spacial score (nSPS) is 37.4. The quantitative estimate of drug-likeness (QED) is 0.359. The summed E-state index contributed by atoms with van der Waals surface area (Å²) in [5.74, 6) is 1.25. The van der Waals surface area contributed by atoms with Crippen LogP contribution in [0.2, 0.25) is 0 Å². The molecule has 0 saturated heterocycles. The van der Waals surface area contributed by atoms with Crippen LogP contribution in [-0.2, 0) is 4.79 Å². The second-order valence-corrected chi connectivity index (χ2v) is 10.9. The number of halogens is 1. The number of fused-ring (bicyclic) bond motifs is 1. The molecule has 32 heavy (non-hydrogen) atoms. The van der Waals surface area contributed by atoms with E-state index < -0.39 is 23.7 Å². The lowest BCUT2D eigenvalue weighted by Crippen LogP contribution is -2.36. The number of hydrogen-bond donors (Lipinski definition) is 2. The Balaban J connectivity index is 1.72. The first kappa shape index (κ1) is 25.4. The van der Waals surface area contributed by atoms with Crippen molar-refractivity contribution < 1.29 is 19.4 Å². The van der Waals surface area contributed by atoms with Crippen LogP contribution < -0.4 is 0 Å². The Morgan fingerprint density at radius 3 is 2.66 bits per heavy atom. The molecule has 0 heterocycles. The number of allylic oxidation sites excluding steroid dienone is 4. The Bertz CT molecular complexity index is 763. The SMILES string of the molecule is CCC(O)(/C=C/CC(C)C1CCC2/C(=C\C=C3/CC(O)CC(F)C3=O)CCCC21C)CC. The van der Waals surface area contributed by atoms with Crippen LogP contribution in [0.4, 0.5) is 4.39 Å². The molecule has 6 atom stereocenters. The molecule has 2 N–H and O–H groups in total. The number of alkyl halides is 1.